The molecular weight excluding hydrogens is 1290 g/mol. The molecule has 526 valence electrons. The number of rotatable bonds is 10. The number of nitrogens with one attached hydrogen (secondary N) is 3. The molecule has 10 aromatic rings. The van der Waals surface area contributed by atoms with Crippen LogP contribution in [-0.4, -0.2) is 176 Å². The number of aryl methyl sites for hydroxylation is 1. The highest BCUT2D eigenvalue weighted by atomic mass is 19.1. The van der Waals surface area contributed by atoms with Crippen LogP contribution in [0.3, 0.4) is 0 Å². The van der Waals surface area contributed by atoms with E-state index < -0.39 is 16.6 Å². The smallest absolute Gasteiger partial charge is 0.293 e. The van der Waals surface area contributed by atoms with E-state index in [1.54, 1.807) is 113 Å². The molecule has 7 aromatic heterocycles. The Morgan fingerprint density at radius 3 is 1.54 bits per heavy atom. The molecule has 1 aliphatic carbocycles. The molecule has 0 atom stereocenters. The van der Waals surface area contributed by atoms with Crippen molar-refractivity contribution in [3.63, 3.8) is 0 Å². The van der Waals surface area contributed by atoms with Gasteiger partial charge in [-0.1, -0.05) is 60.6 Å². The number of benzene rings is 3. The zero-order chi connectivity index (χ0) is 72.5. The third-order valence-electron chi connectivity index (χ3n) is 19.1. The van der Waals surface area contributed by atoms with Crippen LogP contribution in [0, 0.1) is 24.4 Å². The lowest BCUT2D eigenvalue weighted by Crippen LogP contribution is -2.63. The summed E-state index contributed by atoms with van der Waals surface area (Å²) in [7, 11) is 0. The lowest BCUT2D eigenvalue weighted by atomic mass is 9.87. The van der Waals surface area contributed by atoms with Crippen LogP contribution < -0.4 is 10.6 Å². The molecule has 101 heavy (non-hydrogen) atoms. The number of piperazine rings is 3. The van der Waals surface area contributed by atoms with Gasteiger partial charge < -0.3 is 30.2 Å². The monoisotopic (exact) mass is 1380 g/mol. The van der Waals surface area contributed by atoms with E-state index in [2.05, 4.69) is 78.7 Å². The number of halogens is 3. The minimum atomic E-state index is -0.982. The predicted molar refractivity (Wildman–Crippen MR) is 372 cm³/mol. The first-order valence-electron chi connectivity index (χ1n) is 33.9. The number of hydrogen-bond acceptors (Lipinski definition) is 14. The van der Waals surface area contributed by atoms with E-state index in [-0.39, 0.29) is 93.1 Å². The molecule has 3 aromatic carbocycles. The Kier molecular flexibility index (Phi) is 18.6. The first-order chi connectivity index (χ1) is 47.7. The first-order valence-corrected chi connectivity index (χ1v) is 33.9. The summed E-state index contributed by atoms with van der Waals surface area (Å²) in [6.07, 6.45) is 6.85. The summed E-state index contributed by atoms with van der Waals surface area (Å²) < 4.78 is 47.0. The van der Waals surface area contributed by atoms with Gasteiger partial charge in [-0.05, 0) is 163 Å². The molecule has 27 heteroatoms. The number of hydrogen-bond donors (Lipinski definition) is 3. The Balaban J connectivity index is 0.000000144. The molecule has 0 unspecified atom stereocenters. The van der Waals surface area contributed by atoms with Gasteiger partial charge in [0.15, 0.2) is 16.9 Å². The SMILES string of the molecule is CC(C)(C)c1cc(-c2ccccc2F)nn2cc(C(=O)N3CCNC(=O)C3(C)C)nc12.CC(C)c1cc(-c2ccc(F)c(C3CC3)c2)nn2cc(C(=O)N3CCNC(=O)C3(C)C)nc12.Cc1nc(C(=O)N2CCN(C(=O)c3cn4nc(-c5ccc(F)cc5)cc(C(C)C)c4n3)C(C)(C)C2)n[nH]1. The maximum Gasteiger partial charge on any atom is 0.293 e. The average molecular weight is 1380 g/mol. The van der Waals surface area contributed by atoms with Crippen LogP contribution in [-0.2, 0) is 15.0 Å². The third-order valence-corrected chi connectivity index (χ3v) is 19.1. The number of H-pyrrole nitrogens is 1. The fourth-order valence-corrected chi connectivity index (χ4v) is 13.0. The Morgan fingerprint density at radius 2 is 1.05 bits per heavy atom. The maximum atomic E-state index is 14.4. The van der Waals surface area contributed by atoms with Crippen molar-refractivity contribution in [2.75, 3.05) is 45.8 Å². The van der Waals surface area contributed by atoms with Crippen molar-refractivity contribution >= 4 is 52.4 Å². The lowest BCUT2D eigenvalue weighted by Gasteiger charge is -2.46. The van der Waals surface area contributed by atoms with Gasteiger partial charge in [0.2, 0.25) is 17.6 Å². The van der Waals surface area contributed by atoms with E-state index in [4.69, 9.17) is 5.10 Å². The Labute approximate surface area is 582 Å². The van der Waals surface area contributed by atoms with Gasteiger partial charge in [0.1, 0.15) is 51.4 Å². The van der Waals surface area contributed by atoms with Gasteiger partial charge in [-0.25, -0.2) is 46.7 Å². The number of aromatic amines is 1. The summed E-state index contributed by atoms with van der Waals surface area (Å²) in [5, 5.41) is 26.2. The van der Waals surface area contributed by atoms with Crippen molar-refractivity contribution in [1.82, 2.24) is 89.2 Å². The quantitative estimate of drug-likeness (QED) is 0.115. The van der Waals surface area contributed by atoms with E-state index >= 15 is 0 Å². The number of fused-ring (bicyclic) bond motifs is 3. The second-order valence-corrected chi connectivity index (χ2v) is 29.4. The van der Waals surface area contributed by atoms with Gasteiger partial charge in [0.25, 0.3) is 23.6 Å². The van der Waals surface area contributed by atoms with E-state index in [1.807, 2.05) is 58.9 Å². The second kappa shape index (κ2) is 26.7. The highest BCUT2D eigenvalue weighted by Gasteiger charge is 2.44. The molecule has 6 amide bonds. The molecule has 0 bridgehead atoms. The third kappa shape index (κ3) is 13.9. The molecule has 24 nitrogen and oxygen atoms in total. The van der Waals surface area contributed by atoms with Crippen LogP contribution in [0.1, 0.15) is 191 Å². The molecule has 4 aliphatic rings. The van der Waals surface area contributed by atoms with Crippen LogP contribution in [0.4, 0.5) is 13.2 Å². The summed E-state index contributed by atoms with van der Waals surface area (Å²) in [5.41, 5.74) is 6.90. The minimum absolute atomic E-state index is 0.123. The number of nitrogens with zero attached hydrogens (tertiary/aromatic N) is 15. The normalized spacial score (nSPS) is 16.7. The van der Waals surface area contributed by atoms with Crippen molar-refractivity contribution < 1.29 is 41.9 Å². The molecule has 0 spiro atoms. The van der Waals surface area contributed by atoms with Gasteiger partial charge in [-0.2, -0.15) is 15.3 Å². The van der Waals surface area contributed by atoms with Crippen LogP contribution >= 0.6 is 0 Å². The zero-order valence-corrected chi connectivity index (χ0v) is 59.2. The predicted octanol–water partition coefficient (Wildman–Crippen LogP) is 10.5. The van der Waals surface area contributed by atoms with Gasteiger partial charge in [0.05, 0.1) is 41.2 Å². The Bertz CT molecular complexity index is 4920. The van der Waals surface area contributed by atoms with Crippen molar-refractivity contribution in [1.29, 1.82) is 0 Å². The van der Waals surface area contributed by atoms with E-state index in [0.29, 0.717) is 97.1 Å². The first kappa shape index (κ1) is 70.1. The van der Waals surface area contributed by atoms with Gasteiger partial charge >= 0.3 is 0 Å². The minimum Gasteiger partial charge on any atom is -0.352 e. The highest BCUT2D eigenvalue weighted by Crippen LogP contribution is 2.43. The molecule has 3 N–H and O–H groups in total. The summed E-state index contributed by atoms with van der Waals surface area (Å²) >= 11 is 0. The standard InChI is InChI=1S/C26H29FN8O2.C25H28FN5O2.C23H26FN5O2/c1-15(2)19-12-20(17-6-8-18(27)9-7-17)32-35-13-21(29-23(19)35)24(36)34-11-10-33(14-26(34,4)5)25(37)22-28-16(3)30-31-22;1-14(2)17-12-20(16-7-8-19(26)18(11-16)15-5-6-15)29-31-13-21(28-22(17)31)23(32)30-10-9-27-24(33)25(30,3)4;1-22(2,3)15-12-17(14-8-6-7-9-16(14)24)27-29-13-18(26-19(15)29)20(30)28-11-10-25-21(31)23(28,4)5/h6-9,12-13,15H,10-11,14H2,1-5H3,(H,28,30,31);7-8,11-15H,5-6,9-10H2,1-4H3,(H,27,33);6-9,12-13H,10-11H2,1-5H3,(H,25,31). The van der Waals surface area contributed by atoms with Crippen LogP contribution in [0.25, 0.3) is 50.7 Å². The number of imidazole rings is 3. The van der Waals surface area contributed by atoms with Crippen molar-refractivity contribution in [2.45, 2.75) is 150 Å². The molecule has 0 radical (unpaired) electrons. The molecule has 1 saturated carbocycles. The summed E-state index contributed by atoms with van der Waals surface area (Å²) in [4.78, 5) is 102. The topological polar surface area (TPSA) is 272 Å². The molecule has 3 aliphatic heterocycles. The number of carbonyl (C=O) groups is 6. The summed E-state index contributed by atoms with van der Waals surface area (Å²) in [6, 6.07) is 23.5. The maximum absolute atomic E-state index is 14.4. The van der Waals surface area contributed by atoms with Gasteiger partial charge in [-0.15, -0.1) is 5.10 Å². The van der Waals surface area contributed by atoms with Crippen molar-refractivity contribution in [3.8, 4) is 33.8 Å². The van der Waals surface area contributed by atoms with E-state index in [1.165, 1.54) is 33.7 Å². The summed E-state index contributed by atoms with van der Waals surface area (Å²) in [5.74, 6) is -1.12. The number of carbonyl (C=O) groups excluding carboxylic acids is 6. The van der Waals surface area contributed by atoms with E-state index in [9.17, 15) is 41.9 Å². The molecule has 14 rings (SSSR count). The molecule has 4 fully saturated rings. The fourth-order valence-electron chi connectivity index (χ4n) is 13.0. The average Bonchev–Trinajstić information content (AvgIpc) is 1.65. The second-order valence-electron chi connectivity index (χ2n) is 29.4. The van der Waals surface area contributed by atoms with Crippen LogP contribution in [0.2, 0.25) is 0 Å². The lowest BCUT2D eigenvalue weighted by molar-refractivity contribution is -0.133. The molecule has 10 heterocycles. The highest BCUT2D eigenvalue weighted by molar-refractivity contribution is 6.00. The largest absolute Gasteiger partial charge is 0.352 e. The molecule has 3 saturated heterocycles. The van der Waals surface area contributed by atoms with Crippen molar-refractivity contribution in [2.24, 2.45) is 0 Å². The Hall–Kier alpha value is -10.7. The number of aromatic nitrogens is 12. The van der Waals surface area contributed by atoms with Crippen LogP contribution in [0.5, 0.6) is 0 Å². The number of amides is 6. The van der Waals surface area contributed by atoms with Crippen LogP contribution in [0.15, 0.2) is 104 Å². The Morgan fingerprint density at radius 1 is 0.554 bits per heavy atom. The van der Waals surface area contributed by atoms with E-state index in [0.717, 1.165) is 46.2 Å². The van der Waals surface area contributed by atoms with Gasteiger partial charge in [0, 0.05) is 79.2 Å². The van der Waals surface area contributed by atoms with Crippen molar-refractivity contribution in [3.05, 3.63) is 172 Å². The molecular formula is C74H83F3N18O6. The summed E-state index contributed by atoms with van der Waals surface area (Å²) in [6.45, 7) is 29.5. The van der Waals surface area contributed by atoms with Gasteiger partial charge in [-0.3, -0.25) is 33.9 Å². The zero-order valence-electron chi connectivity index (χ0n) is 59.2. The fraction of sp³-hybridized carbons (Fsp3) is 0.405.